The highest BCUT2D eigenvalue weighted by molar-refractivity contribution is 7.89. The van der Waals surface area contributed by atoms with Crippen LogP contribution >= 0.6 is 0 Å². The van der Waals surface area contributed by atoms with Crippen molar-refractivity contribution >= 4 is 21.7 Å². The molecule has 0 saturated carbocycles. The van der Waals surface area contributed by atoms with Crippen LogP contribution in [0.1, 0.15) is 18.5 Å². The van der Waals surface area contributed by atoms with Crippen molar-refractivity contribution in [1.29, 1.82) is 0 Å². The Labute approximate surface area is 156 Å². The minimum absolute atomic E-state index is 0.0532. The zero-order valence-corrected chi connectivity index (χ0v) is 15.5. The van der Waals surface area contributed by atoms with Crippen LogP contribution in [0.15, 0.2) is 41.3 Å². The highest BCUT2D eigenvalue weighted by Gasteiger charge is 2.33. The van der Waals surface area contributed by atoms with Gasteiger partial charge in [-0.15, -0.1) is 0 Å². The quantitative estimate of drug-likeness (QED) is 0.863. The molecule has 1 aliphatic heterocycles. The van der Waals surface area contributed by atoms with Crippen LogP contribution in [0.25, 0.3) is 0 Å². The number of carbonyl (C=O) groups excluding carboxylic acids is 1. The summed E-state index contributed by atoms with van der Waals surface area (Å²) >= 11 is 0. The van der Waals surface area contributed by atoms with Crippen LogP contribution in [0.5, 0.6) is 0 Å². The SMILES string of the molecule is Cc1cccc(NC(=O)C2CCN(S(=O)(=O)c3cc(F)ccc3F)CC2)n1. The van der Waals surface area contributed by atoms with Crippen molar-refractivity contribution in [2.24, 2.45) is 5.92 Å². The number of piperidine rings is 1. The first-order valence-electron chi connectivity index (χ1n) is 8.47. The zero-order chi connectivity index (χ0) is 19.6. The van der Waals surface area contributed by atoms with Crippen molar-refractivity contribution in [1.82, 2.24) is 9.29 Å². The summed E-state index contributed by atoms with van der Waals surface area (Å²) < 4.78 is 53.4. The monoisotopic (exact) mass is 395 g/mol. The predicted molar refractivity (Wildman–Crippen MR) is 95.4 cm³/mol. The van der Waals surface area contributed by atoms with Crippen LogP contribution in [-0.4, -0.2) is 36.7 Å². The van der Waals surface area contributed by atoms with E-state index < -0.39 is 26.6 Å². The van der Waals surface area contributed by atoms with Gasteiger partial charge in [0, 0.05) is 24.7 Å². The van der Waals surface area contributed by atoms with Gasteiger partial charge in [-0.05, 0) is 50.1 Å². The van der Waals surface area contributed by atoms with Gasteiger partial charge in [-0.3, -0.25) is 4.79 Å². The molecular weight excluding hydrogens is 376 g/mol. The molecule has 144 valence electrons. The van der Waals surface area contributed by atoms with Gasteiger partial charge in [0.25, 0.3) is 0 Å². The van der Waals surface area contributed by atoms with E-state index in [1.54, 1.807) is 12.1 Å². The third-order valence-corrected chi connectivity index (χ3v) is 6.39. The lowest BCUT2D eigenvalue weighted by molar-refractivity contribution is -0.120. The highest BCUT2D eigenvalue weighted by atomic mass is 32.2. The summed E-state index contributed by atoms with van der Waals surface area (Å²) in [6.07, 6.45) is 0.571. The van der Waals surface area contributed by atoms with E-state index in [4.69, 9.17) is 0 Å². The zero-order valence-electron chi connectivity index (χ0n) is 14.7. The number of pyridine rings is 1. The van der Waals surface area contributed by atoms with E-state index in [0.29, 0.717) is 11.9 Å². The Morgan fingerprint density at radius 1 is 1.19 bits per heavy atom. The number of nitrogens with one attached hydrogen (secondary N) is 1. The molecule has 6 nitrogen and oxygen atoms in total. The number of sulfonamides is 1. The second-order valence-electron chi connectivity index (χ2n) is 6.41. The molecule has 0 radical (unpaired) electrons. The van der Waals surface area contributed by atoms with Gasteiger partial charge in [-0.1, -0.05) is 6.07 Å². The van der Waals surface area contributed by atoms with Crippen molar-refractivity contribution in [2.75, 3.05) is 18.4 Å². The first-order chi connectivity index (χ1) is 12.8. The first-order valence-corrected chi connectivity index (χ1v) is 9.91. The normalized spacial score (nSPS) is 16.3. The van der Waals surface area contributed by atoms with Gasteiger partial charge < -0.3 is 5.32 Å². The third-order valence-electron chi connectivity index (χ3n) is 4.48. The lowest BCUT2D eigenvalue weighted by Crippen LogP contribution is -2.41. The molecule has 1 fully saturated rings. The average Bonchev–Trinajstić information content (AvgIpc) is 2.63. The number of carbonyl (C=O) groups is 1. The Balaban J connectivity index is 1.66. The lowest BCUT2D eigenvalue weighted by Gasteiger charge is -2.30. The maximum absolute atomic E-state index is 13.9. The number of anilines is 1. The number of halogens is 2. The largest absolute Gasteiger partial charge is 0.310 e. The lowest BCUT2D eigenvalue weighted by atomic mass is 9.97. The topological polar surface area (TPSA) is 79.4 Å². The number of hydrogen-bond acceptors (Lipinski definition) is 4. The van der Waals surface area contributed by atoms with Crippen molar-refractivity contribution < 1.29 is 22.0 Å². The summed E-state index contributed by atoms with van der Waals surface area (Å²) in [5, 5.41) is 2.73. The molecule has 1 aromatic carbocycles. The van der Waals surface area contributed by atoms with E-state index in [1.807, 2.05) is 13.0 Å². The molecule has 0 unspecified atom stereocenters. The molecule has 3 rings (SSSR count). The van der Waals surface area contributed by atoms with Gasteiger partial charge in [0.05, 0.1) is 0 Å². The fourth-order valence-electron chi connectivity index (χ4n) is 3.01. The second kappa shape index (κ2) is 7.69. The van der Waals surface area contributed by atoms with Gasteiger partial charge >= 0.3 is 0 Å². The molecule has 2 heterocycles. The summed E-state index contributed by atoms with van der Waals surface area (Å²) in [6, 6.07) is 7.59. The summed E-state index contributed by atoms with van der Waals surface area (Å²) in [4.78, 5) is 15.9. The molecule has 27 heavy (non-hydrogen) atoms. The Hall–Kier alpha value is -2.39. The maximum Gasteiger partial charge on any atom is 0.246 e. The van der Waals surface area contributed by atoms with Gasteiger partial charge in [0.15, 0.2) is 0 Å². The summed E-state index contributed by atoms with van der Waals surface area (Å²) in [7, 11) is -4.15. The molecule has 2 aromatic rings. The van der Waals surface area contributed by atoms with Gasteiger partial charge in [-0.2, -0.15) is 4.31 Å². The van der Waals surface area contributed by atoms with Gasteiger partial charge in [-0.25, -0.2) is 22.2 Å². The summed E-state index contributed by atoms with van der Waals surface area (Å²) in [6.45, 7) is 1.92. The van der Waals surface area contributed by atoms with Crippen LogP contribution in [0.4, 0.5) is 14.6 Å². The van der Waals surface area contributed by atoms with E-state index in [0.717, 1.165) is 22.1 Å². The Morgan fingerprint density at radius 2 is 1.89 bits per heavy atom. The average molecular weight is 395 g/mol. The molecule has 1 saturated heterocycles. The number of aryl methyl sites for hydroxylation is 1. The molecule has 0 aliphatic carbocycles. The Morgan fingerprint density at radius 3 is 2.56 bits per heavy atom. The number of amides is 1. The van der Waals surface area contributed by atoms with E-state index in [9.17, 15) is 22.0 Å². The third kappa shape index (κ3) is 4.30. The Bertz CT molecular complexity index is 958. The molecule has 0 atom stereocenters. The van der Waals surface area contributed by atoms with Crippen LogP contribution in [0.3, 0.4) is 0 Å². The summed E-state index contributed by atoms with van der Waals surface area (Å²) in [5.41, 5.74) is 0.769. The molecule has 0 spiro atoms. The van der Waals surface area contributed by atoms with Crippen molar-refractivity contribution in [3.63, 3.8) is 0 Å². The smallest absolute Gasteiger partial charge is 0.246 e. The molecule has 1 N–H and O–H groups in total. The molecule has 1 amide bonds. The van der Waals surface area contributed by atoms with Crippen molar-refractivity contribution in [3.05, 3.63) is 53.7 Å². The number of nitrogens with zero attached hydrogens (tertiary/aromatic N) is 2. The molecule has 1 aromatic heterocycles. The molecule has 0 bridgehead atoms. The van der Waals surface area contributed by atoms with Crippen molar-refractivity contribution in [2.45, 2.75) is 24.7 Å². The van der Waals surface area contributed by atoms with Crippen LogP contribution < -0.4 is 5.32 Å². The number of benzene rings is 1. The fraction of sp³-hybridized carbons (Fsp3) is 0.333. The minimum Gasteiger partial charge on any atom is -0.310 e. The van der Waals surface area contributed by atoms with E-state index in [1.165, 1.54) is 0 Å². The molecule has 9 heteroatoms. The van der Waals surface area contributed by atoms with Gasteiger partial charge in [0.1, 0.15) is 22.3 Å². The molecule has 1 aliphatic rings. The number of rotatable bonds is 4. The standard InChI is InChI=1S/C18H19F2N3O3S/c1-12-3-2-4-17(21-12)22-18(24)13-7-9-23(10-8-13)27(25,26)16-11-14(19)5-6-15(16)20/h2-6,11,13H,7-10H2,1H3,(H,21,22,24). The van der Waals surface area contributed by atoms with Crippen LogP contribution in [-0.2, 0) is 14.8 Å². The second-order valence-corrected chi connectivity index (χ2v) is 8.31. The van der Waals surface area contributed by atoms with E-state index >= 15 is 0 Å². The van der Waals surface area contributed by atoms with E-state index in [-0.39, 0.29) is 37.8 Å². The first kappa shape index (κ1) is 19.4. The summed E-state index contributed by atoms with van der Waals surface area (Å²) in [5.74, 6) is -1.99. The van der Waals surface area contributed by atoms with Crippen molar-refractivity contribution in [3.8, 4) is 0 Å². The predicted octanol–water partition coefficient (Wildman–Crippen LogP) is 2.71. The number of aromatic nitrogens is 1. The van der Waals surface area contributed by atoms with Gasteiger partial charge in [0.2, 0.25) is 15.9 Å². The van der Waals surface area contributed by atoms with E-state index in [2.05, 4.69) is 10.3 Å². The highest BCUT2D eigenvalue weighted by Crippen LogP contribution is 2.26. The van der Waals surface area contributed by atoms with Crippen LogP contribution in [0.2, 0.25) is 0 Å². The number of hydrogen-bond donors (Lipinski definition) is 1. The maximum atomic E-state index is 13.9. The minimum atomic E-state index is -4.15. The Kier molecular flexibility index (Phi) is 5.52. The van der Waals surface area contributed by atoms with Crippen LogP contribution in [0, 0.1) is 24.5 Å². The molecular formula is C18H19F2N3O3S. The fourth-order valence-corrected chi connectivity index (χ4v) is 4.56.